The van der Waals surface area contributed by atoms with Crippen LogP contribution in [0.4, 0.5) is 4.79 Å². The average Bonchev–Trinajstić information content (AvgIpc) is 2.46. The first-order valence-electron chi connectivity index (χ1n) is 6.61. The number of carbonyl (C=O) groups is 2. The zero-order valence-corrected chi connectivity index (χ0v) is 12.7. The molecule has 7 heteroatoms. The number of amides is 2. The molecule has 2 atom stereocenters. The minimum Gasteiger partial charge on any atom is -0.480 e. The normalized spacial score (nSPS) is 28.3. The summed E-state index contributed by atoms with van der Waals surface area (Å²) >= 11 is 3.51. The van der Waals surface area contributed by atoms with Gasteiger partial charge in [-0.2, -0.15) is 23.5 Å². The van der Waals surface area contributed by atoms with Crippen molar-refractivity contribution in [3.63, 3.8) is 0 Å². The molecule has 19 heavy (non-hydrogen) atoms. The molecule has 0 aromatic rings. The fourth-order valence-electron chi connectivity index (χ4n) is 2.36. The van der Waals surface area contributed by atoms with Crippen LogP contribution in [0.2, 0.25) is 0 Å². The van der Waals surface area contributed by atoms with Crippen molar-refractivity contribution in [1.82, 2.24) is 9.80 Å². The van der Waals surface area contributed by atoms with Gasteiger partial charge in [-0.05, 0) is 6.42 Å². The summed E-state index contributed by atoms with van der Waals surface area (Å²) in [4.78, 5) is 27.1. The highest BCUT2D eigenvalue weighted by Crippen LogP contribution is 2.24. The van der Waals surface area contributed by atoms with E-state index in [1.165, 1.54) is 0 Å². The minimum absolute atomic E-state index is 0.0912. The Hall–Kier alpha value is -0.560. The number of aliphatic carboxylic acids is 1. The molecule has 1 N–H and O–H groups in total. The SMILES string of the molecule is CCC1CN(C(=O)N2CCSCC2C(=O)O)CCS1. The number of hydrogen-bond donors (Lipinski definition) is 1. The average molecular weight is 304 g/mol. The van der Waals surface area contributed by atoms with Gasteiger partial charge in [0.25, 0.3) is 0 Å². The van der Waals surface area contributed by atoms with Crippen LogP contribution in [0.1, 0.15) is 13.3 Å². The van der Waals surface area contributed by atoms with Gasteiger partial charge in [0, 0.05) is 42.1 Å². The predicted octanol–water partition coefficient (Wildman–Crippen LogP) is 1.44. The van der Waals surface area contributed by atoms with E-state index >= 15 is 0 Å². The quantitative estimate of drug-likeness (QED) is 0.836. The number of hydrogen-bond acceptors (Lipinski definition) is 4. The first-order chi connectivity index (χ1) is 9.13. The highest BCUT2D eigenvalue weighted by Gasteiger charge is 2.36. The maximum absolute atomic E-state index is 12.5. The topological polar surface area (TPSA) is 60.9 Å². The molecule has 2 rings (SSSR count). The van der Waals surface area contributed by atoms with E-state index < -0.39 is 12.0 Å². The van der Waals surface area contributed by atoms with Crippen LogP contribution >= 0.6 is 23.5 Å². The van der Waals surface area contributed by atoms with Gasteiger partial charge in [-0.1, -0.05) is 6.92 Å². The molecule has 2 heterocycles. The molecule has 2 saturated heterocycles. The van der Waals surface area contributed by atoms with Gasteiger partial charge >= 0.3 is 12.0 Å². The zero-order chi connectivity index (χ0) is 13.8. The van der Waals surface area contributed by atoms with Gasteiger partial charge < -0.3 is 14.9 Å². The second-order valence-corrected chi connectivity index (χ2v) is 7.31. The highest BCUT2D eigenvalue weighted by atomic mass is 32.2. The van der Waals surface area contributed by atoms with Crippen LogP contribution in [0.15, 0.2) is 0 Å². The van der Waals surface area contributed by atoms with Crippen molar-refractivity contribution in [3.05, 3.63) is 0 Å². The van der Waals surface area contributed by atoms with Crippen molar-refractivity contribution in [2.75, 3.05) is 36.9 Å². The Labute approximate surface area is 122 Å². The van der Waals surface area contributed by atoms with Gasteiger partial charge in [0.2, 0.25) is 0 Å². The predicted molar refractivity (Wildman–Crippen MR) is 79.0 cm³/mol. The Balaban J connectivity index is 2.02. The number of urea groups is 1. The number of carboxylic acids is 1. The fourth-order valence-corrected chi connectivity index (χ4v) is 4.58. The monoisotopic (exact) mass is 304 g/mol. The van der Waals surface area contributed by atoms with Crippen molar-refractivity contribution >= 4 is 35.5 Å². The summed E-state index contributed by atoms with van der Waals surface area (Å²) in [7, 11) is 0. The van der Waals surface area contributed by atoms with E-state index in [0.717, 1.165) is 31.0 Å². The molecule has 2 aliphatic heterocycles. The molecule has 5 nitrogen and oxygen atoms in total. The van der Waals surface area contributed by atoms with E-state index in [-0.39, 0.29) is 6.03 Å². The van der Waals surface area contributed by atoms with Gasteiger partial charge in [-0.15, -0.1) is 0 Å². The largest absolute Gasteiger partial charge is 0.480 e. The molecule has 0 aromatic carbocycles. The van der Waals surface area contributed by atoms with Crippen LogP contribution in [0.25, 0.3) is 0 Å². The molecular weight excluding hydrogens is 284 g/mol. The number of carbonyl (C=O) groups excluding carboxylic acids is 1. The van der Waals surface area contributed by atoms with E-state index in [9.17, 15) is 14.7 Å². The standard InChI is InChI=1S/C12H20N2O3S2/c1-2-9-7-13(3-6-19-9)12(17)14-4-5-18-8-10(14)11(15)16/h9-10H,2-8H2,1H3,(H,15,16). The Bertz CT molecular complexity index is 354. The van der Waals surface area contributed by atoms with Crippen molar-refractivity contribution in [1.29, 1.82) is 0 Å². The summed E-state index contributed by atoms with van der Waals surface area (Å²) in [5.74, 6) is 1.39. The first-order valence-corrected chi connectivity index (χ1v) is 8.81. The molecule has 0 aliphatic carbocycles. The molecule has 108 valence electrons. The summed E-state index contributed by atoms with van der Waals surface area (Å²) in [6.45, 7) is 4.15. The Kier molecular flexibility index (Phi) is 5.27. The smallest absolute Gasteiger partial charge is 0.327 e. The van der Waals surface area contributed by atoms with E-state index in [4.69, 9.17) is 0 Å². The van der Waals surface area contributed by atoms with Crippen LogP contribution < -0.4 is 0 Å². The van der Waals surface area contributed by atoms with Crippen LogP contribution in [-0.4, -0.2) is 75.1 Å². The van der Waals surface area contributed by atoms with Crippen LogP contribution in [-0.2, 0) is 4.79 Å². The molecule has 0 aromatic heterocycles. The van der Waals surface area contributed by atoms with E-state index in [1.54, 1.807) is 16.7 Å². The third-order valence-corrected chi connectivity index (χ3v) is 5.92. The molecule has 2 unspecified atom stereocenters. The summed E-state index contributed by atoms with van der Waals surface area (Å²) in [5.41, 5.74) is 0. The third kappa shape index (κ3) is 3.51. The van der Waals surface area contributed by atoms with Gasteiger partial charge in [0.05, 0.1) is 0 Å². The van der Waals surface area contributed by atoms with Crippen molar-refractivity contribution in [2.45, 2.75) is 24.6 Å². The summed E-state index contributed by atoms with van der Waals surface area (Å²) in [6.07, 6.45) is 1.05. The zero-order valence-electron chi connectivity index (χ0n) is 11.1. The molecule has 0 radical (unpaired) electrons. The van der Waals surface area contributed by atoms with Crippen molar-refractivity contribution < 1.29 is 14.7 Å². The second kappa shape index (κ2) is 6.74. The molecular formula is C12H20N2O3S2. The maximum Gasteiger partial charge on any atom is 0.327 e. The number of rotatable bonds is 2. The van der Waals surface area contributed by atoms with Crippen LogP contribution in [0, 0.1) is 0 Å². The van der Waals surface area contributed by atoms with E-state index in [2.05, 4.69) is 6.92 Å². The second-order valence-electron chi connectivity index (χ2n) is 4.75. The van der Waals surface area contributed by atoms with Crippen molar-refractivity contribution in [3.8, 4) is 0 Å². The van der Waals surface area contributed by atoms with Crippen LogP contribution in [0.3, 0.4) is 0 Å². The fraction of sp³-hybridized carbons (Fsp3) is 0.833. The lowest BCUT2D eigenvalue weighted by molar-refractivity contribution is -0.141. The summed E-state index contributed by atoms with van der Waals surface area (Å²) in [6, 6.07) is -0.757. The minimum atomic E-state index is -0.890. The lowest BCUT2D eigenvalue weighted by atomic mass is 10.2. The number of nitrogens with zero attached hydrogens (tertiary/aromatic N) is 2. The van der Waals surface area contributed by atoms with Gasteiger partial charge in [-0.25, -0.2) is 9.59 Å². The maximum atomic E-state index is 12.5. The Morgan fingerprint density at radius 3 is 2.79 bits per heavy atom. The van der Waals surface area contributed by atoms with E-state index in [0.29, 0.717) is 17.5 Å². The Morgan fingerprint density at radius 2 is 2.11 bits per heavy atom. The van der Waals surface area contributed by atoms with Gasteiger partial charge in [-0.3, -0.25) is 0 Å². The molecule has 0 spiro atoms. The van der Waals surface area contributed by atoms with Gasteiger partial charge in [0.1, 0.15) is 6.04 Å². The first kappa shape index (κ1) is 14.8. The summed E-state index contributed by atoms with van der Waals surface area (Å²) < 4.78 is 0. The lowest BCUT2D eigenvalue weighted by Crippen LogP contribution is -2.56. The van der Waals surface area contributed by atoms with Crippen molar-refractivity contribution in [2.24, 2.45) is 0 Å². The Morgan fingerprint density at radius 1 is 1.32 bits per heavy atom. The highest BCUT2D eigenvalue weighted by molar-refractivity contribution is 8.00. The number of thioether (sulfide) groups is 2. The van der Waals surface area contributed by atoms with E-state index in [1.807, 2.05) is 16.7 Å². The summed E-state index contributed by atoms with van der Waals surface area (Å²) in [5, 5.41) is 9.71. The molecule has 0 saturated carbocycles. The van der Waals surface area contributed by atoms with Crippen LogP contribution in [0.5, 0.6) is 0 Å². The third-order valence-electron chi connectivity index (χ3n) is 3.52. The molecule has 2 amide bonds. The molecule has 0 bridgehead atoms. The molecule has 2 aliphatic rings. The number of carboxylic acid groups (broad SMARTS) is 1. The lowest BCUT2D eigenvalue weighted by Gasteiger charge is -2.39. The molecule has 2 fully saturated rings. The van der Waals surface area contributed by atoms with Gasteiger partial charge in [0.15, 0.2) is 0 Å².